The molecule has 0 aliphatic rings. The third-order valence-electron chi connectivity index (χ3n) is 1.11. The molecule has 0 spiro atoms. The van der Waals surface area contributed by atoms with Gasteiger partial charge in [0.2, 0.25) is 0 Å². The average Bonchev–Trinajstić information content (AvgIpc) is 2.50. The van der Waals surface area contributed by atoms with E-state index >= 15 is 0 Å². The van der Waals surface area contributed by atoms with Crippen LogP contribution in [0.5, 0.6) is 0 Å². The topological polar surface area (TPSA) is 57.5 Å². The summed E-state index contributed by atoms with van der Waals surface area (Å²) in [7, 11) is 0. The van der Waals surface area contributed by atoms with Crippen molar-refractivity contribution in [2.24, 2.45) is 0 Å². The van der Waals surface area contributed by atoms with Crippen LogP contribution in [0, 0.1) is 94.7 Å². The van der Waals surface area contributed by atoms with E-state index in [1.54, 1.807) is 20.8 Å². The quantitative estimate of drug-likeness (QED) is 0.473. The largest absolute Gasteiger partial charge is 0.472 e. The van der Waals surface area contributed by atoms with Crippen molar-refractivity contribution in [2.75, 3.05) is 0 Å². The van der Waals surface area contributed by atoms with Crippen LogP contribution in [0.25, 0.3) is 0 Å². The summed E-state index contributed by atoms with van der Waals surface area (Å²) >= 11 is 0. The van der Waals surface area contributed by atoms with E-state index in [1.807, 2.05) is 5.92 Å². The Kier molecular flexibility index (Phi) is 24.3. The predicted molar refractivity (Wildman–Crippen MR) is 127 cm³/mol. The second kappa shape index (κ2) is 22.9. The van der Waals surface area contributed by atoms with Crippen LogP contribution >= 0.6 is 0 Å². The second-order valence-electron chi connectivity index (χ2n) is 3.52. The first-order valence-electron chi connectivity index (χ1n) is 6.34. The number of rotatable bonds is 0. The average molecular weight is 392 g/mol. The minimum absolute atomic E-state index is 0. The Morgan fingerprint density at radius 1 is 0.720 bits per heavy atom. The summed E-state index contributed by atoms with van der Waals surface area (Å²) in [4.78, 5) is 9.99. The normalized spacial score (nSPS) is 5.00. The van der Waals surface area contributed by atoms with Gasteiger partial charge in [-0.2, -0.15) is 0 Å². The fourth-order valence-corrected chi connectivity index (χ4v) is 0.522. The van der Waals surface area contributed by atoms with Crippen molar-refractivity contribution in [3.63, 3.8) is 0 Å². The maximum absolute atomic E-state index is 9.99. The van der Waals surface area contributed by atoms with Gasteiger partial charge in [0.05, 0.1) is 0 Å². The molecule has 25 heavy (non-hydrogen) atoms. The Morgan fingerprint density at radius 2 is 0.960 bits per heavy atom. The first-order valence-corrected chi connectivity index (χ1v) is 6.34. The Balaban J connectivity index is -0.0000000128. The van der Waals surface area contributed by atoms with Crippen molar-refractivity contribution in [1.82, 2.24) is 0 Å². The molecule has 0 heterocycles. The first-order chi connectivity index (χ1) is 11.5. The third-order valence-corrected chi connectivity index (χ3v) is 1.11. The maximum Gasteiger partial charge on any atom is 0.382 e. The molecule has 0 aromatic carbocycles. The molecule has 0 bridgehead atoms. The van der Waals surface area contributed by atoms with Crippen LogP contribution < -0.4 is 0 Å². The first kappa shape index (κ1) is 26.5. The zero-order valence-electron chi connectivity index (χ0n) is 13.9. The van der Waals surface area contributed by atoms with E-state index in [-0.39, 0.29) is 50.6 Å². The fraction of sp³-hybridized carbons (Fsp3) is 0.190. The van der Waals surface area contributed by atoms with Crippen LogP contribution in [0.3, 0.4) is 0 Å². The molecule has 0 aromatic heterocycles. The van der Waals surface area contributed by atoms with Crippen molar-refractivity contribution in [3.05, 3.63) is 0 Å². The number of hydrogen-bond acceptors (Lipinski definition) is 2. The summed E-state index contributed by atoms with van der Waals surface area (Å²) in [6.07, 6.45) is -0.167. The number of aliphatic carboxylic acids is 1. The SMILES string of the molecule is CC#CC#CC#CC#CC#CC#CC#CC#CC(=O)O.CC(C)O.[HH].[HH].[HH].[HH].[HH].[HH].[HH].[HH].[HH].[HH].[HH].[HH].[HH].[HH].[HH].[HH].[Ti]. The van der Waals surface area contributed by atoms with Gasteiger partial charge in [-0.15, -0.1) is 0 Å². The van der Waals surface area contributed by atoms with E-state index < -0.39 is 5.97 Å². The smallest absolute Gasteiger partial charge is 0.382 e. The molecule has 150 valence electrons. The van der Waals surface area contributed by atoms with Crippen LogP contribution in [0.4, 0.5) is 0 Å². The summed E-state index contributed by atoms with van der Waals surface area (Å²) in [6.45, 7) is 5.13. The van der Waals surface area contributed by atoms with E-state index in [2.05, 4.69) is 88.8 Å². The summed E-state index contributed by atoms with van der Waals surface area (Å²) < 4.78 is 0. The number of hydrogen-bond donors (Lipinski definition) is 2. The summed E-state index contributed by atoms with van der Waals surface area (Å²) in [5.41, 5.74) is 0. The number of aliphatic hydroxyl groups excluding tert-OH is 1. The minimum atomic E-state index is -1.24. The fourth-order valence-electron chi connectivity index (χ4n) is 0.522. The summed E-state index contributed by atoms with van der Waals surface area (Å²) in [5, 5.41) is 16.2. The molecular weight excluding hydrogens is 348 g/mol. The van der Waals surface area contributed by atoms with Crippen molar-refractivity contribution in [3.8, 4) is 94.7 Å². The van der Waals surface area contributed by atoms with Crippen LogP contribution in [-0.4, -0.2) is 22.3 Å². The van der Waals surface area contributed by atoms with Crippen molar-refractivity contribution in [1.29, 1.82) is 0 Å². The van der Waals surface area contributed by atoms with Crippen molar-refractivity contribution in [2.45, 2.75) is 26.9 Å². The van der Waals surface area contributed by atoms with Gasteiger partial charge in [-0.05, 0) is 104 Å². The molecule has 0 fully saturated rings. The van der Waals surface area contributed by atoms with Gasteiger partial charge in [0.1, 0.15) is 0 Å². The molecular formula is C21H44O3Ti. The second-order valence-corrected chi connectivity index (χ2v) is 3.52. The Bertz CT molecular complexity index is 963. The van der Waals surface area contributed by atoms with Gasteiger partial charge >= 0.3 is 5.97 Å². The van der Waals surface area contributed by atoms with Gasteiger partial charge in [-0.1, -0.05) is 5.92 Å². The zero-order valence-corrected chi connectivity index (χ0v) is 15.4. The van der Waals surface area contributed by atoms with Gasteiger partial charge in [0.25, 0.3) is 0 Å². The van der Waals surface area contributed by atoms with Gasteiger partial charge < -0.3 is 10.2 Å². The molecule has 0 saturated carbocycles. The van der Waals surface area contributed by atoms with E-state index in [1.165, 1.54) is 0 Å². The van der Waals surface area contributed by atoms with Crippen LogP contribution in [0.15, 0.2) is 0 Å². The molecule has 0 saturated heterocycles. The number of carboxylic acid groups (broad SMARTS) is 1. The molecule has 0 amide bonds. The third kappa shape index (κ3) is 38.5. The van der Waals surface area contributed by atoms with Crippen molar-refractivity contribution >= 4 is 5.97 Å². The van der Waals surface area contributed by atoms with Crippen LogP contribution in [0.1, 0.15) is 43.6 Å². The molecule has 0 aliphatic carbocycles. The van der Waals surface area contributed by atoms with E-state index in [0.717, 1.165) is 0 Å². The molecule has 4 heteroatoms. The molecule has 0 atom stereocenters. The van der Waals surface area contributed by atoms with Gasteiger partial charge in [0, 0.05) is 56.6 Å². The van der Waals surface area contributed by atoms with Gasteiger partial charge in [0.15, 0.2) is 0 Å². The number of carboxylic acids is 1. The zero-order chi connectivity index (χ0) is 18.5. The molecule has 0 radical (unpaired) electrons. The monoisotopic (exact) mass is 392 g/mol. The molecule has 0 aromatic rings. The van der Waals surface area contributed by atoms with Crippen LogP contribution in [-0.2, 0) is 26.5 Å². The maximum atomic E-state index is 9.99. The number of aliphatic hydroxyl groups is 1. The Morgan fingerprint density at radius 3 is 1.20 bits per heavy atom. The molecule has 2 N–H and O–H groups in total. The molecule has 0 aliphatic heterocycles. The van der Waals surface area contributed by atoms with E-state index in [0.29, 0.717) is 0 Å². The minimum Gasteiger partial charge on any atom is -0.472 e. The molecule has 0 rings (SSSR count). The predicted octanol–water partition coefficient (Wildman–Crippen LogP) is 4.44. The van der Waals surface area contributed by atoms with Gasteiger partial charge in [-0.25, -0.2) is 4.79 Å². The van der Waals surface area contributed by atoms with Crippen LogP contribution in [0.2, 0.25) is 0 Å². The summed E-state index contributed by atoms with van der Waals surface area (Å²) in [5.74, 6) is 36.8. The molecule has 3 nitrogen and oxygen atoms in total. The van der Waals surface area contributed by atoms with Crippen molar-refractivity contribution < 1.29 is 59.6 Å². The standard InChI is InChI=1S/C18H4O2.C3H8O.Ti.16H2/c1-2-3-4-5-6-7-8-9-10-11-12-13-14-15-16-17-18(19)20;1-3(2)4;;;;;;;;;;;;;;;;;/h1H3,(H,19,20);3-4H,1-2H3;;16*1H. The Labute approximate surface area is 188 Å². The molecule has 0 unspecified atom stereocenters. The number of carbonyl (C=O) groups is 1. The summed E-state index contributed by atoms with van der Waals surface area (Å²) in [6, 6.07) is 0. The van der Waals surface area contributed by atoms with E-state index in [4.69, 9.17) is 10.2 Å². The van der Waals surface area contributed by atoms with Gasteiger partial charge in [-0.3, -0.25) is 0 Å². The van der Waals surface area contributed by atoms with E-state index in [9.17, 15) is 4.79 Å². The Hall–Kier alpha value is -3.38.